The molecule has 4 rings (SSSR count). The van der Waals surface area contributed by atoms with Gasteiger partial charge in [0, 0.05) is 44.2 Å². The number of hydrogen-bond acceptors (Lipinski definition) is 7. The summed E-state index contributed by atoms with van der Waals surface area (Å²) in [6.07, 6.45) is 6.95. The van der Waals surface area contributed by atoms with Gasteiger partial charge in [0.25, 0.3) is 0 Å². The normalized spacial score (nSPS) is 16.7. The minimum atomic E-state index is 0.135. The molecule has 1 aromatic heterocycles. The Morgan fingerprint density at radius 1 is 1.06 bits per heavy atom. The molecule has 31 heavy (non-hydrogen) atoms. The molecule has 0 saturated carbocycles. The number of hydrogen-bond donors (Lipinski definition) is 2. The van der Waals surface area contributed by atoms with Gasteiger partial charge in [0.2, 0.25) is 0 Å². The van der Waals surface area contributed by atoms with Crippen molar-refractivity contribution in [2.45, 2.75) is 40.5 Å². The highest BCUT2D eigenvalue weighted by atomic mass is 16.3. The van der Waals surface area contributed by atoms with Crippen LogP contribution in [0.2, 0.25) is 0 Å². The molecule has 1 saturated heterocycles. The van der Waals surface area contributed by atoms with Crippen LogP contribution in [0, 0.1) is 5.92 Å². The Labute approximate surface area is 184 Å². The third kappa shape index (κ3) is 6.24. The van der Waals surface area contributed by atoms with Gasteiger partial charge >= 0.3 is 0 Å². The molecule has 0 spiro atoms. The molecule has 166 valence electrons. The van der Waals surface area contributed by atoms with E-state index in [1.807, 2.05) is 18.2 Å². The first-order valence-corrected chi connectivity index (χ1v) is 11.0. The molecule has 0 atom stereocenters. The van der Waals surface area contributed by atoms with E-state index in [-0.39, 0.29) is 5.75 Å². The van der Waals surface area contributed by atoms with Crippen LogP contribution in [0.1, 0.15) is 46.1 Å². The molecule has 0 radical (unpaired) electrons. The van der Waals surface area contributed by atoms with Gasteiger partial charge in [-0.05, 0) is 30.5 Å². The van der Waals surface area contributed by atoms with Gasteiger partial charge in [-0.3, -0.25) is 0 Å². The smallest absolute Gasteiger partial charge is 0.131 e. The van der Waals surface area contributed by atoms with E-state index in [0.29, 0.717) is 17.0 Å². The van der Waals surface area contributed by atoms with Crippen molar-refractivity contribution in [1.29, 1.82) is 0 Å². The summed E-state index contributed by atoms with van der Waals surface area (Å²) >= 11 is 0. The number of nitrogens with zero attached hydrogens (tertiary/aromatic N) is 6. The standard InChI is InChI=1S/C19H23N7O.C4H10/c1-2-14-11-17(23-24-19(12-14)25-9-7-20-8-10-25)16-4-3-15(13-18(16)27)26-21-5-6-22-26;1-4(2)3/h3-6,11,13,20,27H,2,7-10,12H2,1H3;4H,1-3H3. The fourth-order valence-corrected chi connectivity index (χ4v) is 3.29. The van der Waals surface area contributed by atoms with Gasteiger partial charge in [-0.15, -0.1) is 10.2 Å². The molecule has 2 aliphatic heterocycles. The minimum absolute atomic E-state index is 0.135. The van der Waals surface area contributed by atoms with E-state index < -0.39 is 0 Å². The number of benzene rings is 1. The first kappa shape index (κ1) is 22.7. The number of rotatable bonds is 3. The van der Waals surface area contributed by atoms with Gasteiger partial charge in [-0.25, -0.2) is 0 Å². The van der Waals surface area contributed by atoms with E-state index >= 15 is 0 Å². The van der Waals surface area contributed by atoms with Crippen molar-refractivity contribution < 1.29 is 5.11 Å². The molecular formula is C23H33N7O. The van der Waals surface area contributed by atoms with Crippen LogP contribution in [0.5, 0.6) is 5.75 Å². The molecule has 1 fully saturated rings. The van der Waals surface area contributed by atoms with Crippen molar-refractivity contribution in [3.05, 3.63) is 47.8 Å². The second kappa shape index (κ2) is 10.9. The van der Waals surface area contributed by atoms with Crippen LogP contribution in [0.25, 0.3) is 5.69 Å². The molecule has 8 heteroatoms. The number of nitrogens with one attached hydrogen (secondary N) is 1. The van der Waals surface area contributed by atoms with E-state index in [2.05, 4.69) is 58.3 Å². The lowest BCUT2D eigenvalue weighted by Gasteiger charge is -2.29. The van der Waals surface area contributed by atoms with E-state index in [4.69, 9.17) is 0 Å². The average Bonchev–Trinajstić information content (AvgIpc) is 3.21. The van der Waals surface area contributed by atoms with Crippen molar-refractivity contribution in [3.8, 4) is 11.4 Å². The summed E-state index contributed by atoms with van der Waals surface area (Å²) in [5.74, 6) is 1.97. The molecular weight excluding hydrogens is 390 g/mol. The zero-order chi connectivity index (χ0) is 22.2. The zero-order valence-corrected chi connectivity index (χ0v) is 18.9. The highest BCUT2D eigenvalue weighted by Gasteiger charge is 2.19. The van der Waals surface area contributed by atoms with Crippen LogP contribution in [-0.2, 0) is 0 Å². The van der Waals surface area contributed by atoms with Gasteiger partial charge in [-0.2, -0.15) is 15.0 Å². The number of aromatic hydroxyl groups is 1. The maximum absolute atomic E-state index is 10.6. The summed E-state index contributed by atoms with van der Waals surface area (Å²) in [7, 11) is 0. The third-order valence-corrected chi connectivity index (χ3v) is 4.84. The van der Waals surface area contributed by atoms with Crippen LogP contribution in [0.15, 0.2) is 52.4 Å². The number of piperazine rings is 1. The molecule has 0 unspecified atom stereocenters. The van der Waals surface area contributed by atoms with Crippen LogP contribution >= 0.6 is 0 Å². The predicted molar refractivity (Wildman–Crippen MR) is 125 cm³/mol. The summed E-state index contributed by atoms with van der Waals surface area (Å²) in [5.41, 5.74) is 3.28. The molecule has 2 N–H and O–H groups in total. The molecule has 0 amide bonds. The summed E-state index contributed by atoms with van der Waals surface area (Å²) < 4.78 is 0. The maximum atomic E-state index is 10.6. The fourth-order valence-electron chi connectivity index (χ4n) is 3.29. The Bertz CT molecular complexity index is 936. The van der Waals surface area contributed by atoms with E-state index in [9.17, 15) is 5.11 Å². The summed E-state index contributed by atoms with van der Waals surface area (Å²) in [4.78, 5) is 3.76. The van der Waals surface area contributed by atoms with Crippen molar-refractivity contribution in [2.75, 3.05) is 26.2 Å². The van der Waals surface area contributed by atoms with E-state index in [1.165, 1.54) is 10.4 Å². The molecule has 0 aliphatic carbocycles. The topological polar surface area (TPSA) is 90.9 Å². The number of phenols is 1. The largest absolute Gasteiger partial charge is 0.507 e. The second-order valence-electron chi connectivity index (χ2n) is 8.32. The molecule has 8 nitrogen and oxygen atoms in total. The lowest BCUT2D eigenvalue weighted by atomic mass is 10.0. The summed E-state index contributed by atoms with van der Waals surface area (Å²) in [6, 6.07) is 5.34. The highest BCUT2D eigenvalue weighted by Crippen LogP contribution is 2.25. The van der Waals surface area contributed by atoms with Gasteiger partial charge < -0.3 is 15.3 Å². The van der Waals surface area contributed by atoms with Crippen molar-refractivity contribution in [3.63, 3.8) is 0 Å². The lowest BCUT2D eigenvalue weighted by Crippen LogP contribution is -2.46. The first-order chi connectivity index (χ1) is 15.0. The molecule has 2 aliphatic rings. The van der Waals surface area contributed by atoms with Crippen LogP contribution in [-0.4, -0.2) is 62.7 Å². The number of aromatic nitrogens is 3. The van der Waals surface area contributed by atoms with Gasteiger partial charge in [0.15, 0.2) is 0 Å². The number of allylic oxidation sites excluding steroid dienone is 1. The minimum Gasteiger partial charge on any atom is -0.507 e. The molecule has 3 heterocycles. The van der Waals surface area contributed by atoms with E-state index in [1.54, 1.807) is 18.5 Å². The maximum Gasteiger partial charge on any atom is 0.131 e. The lowest BCUT2D eigenvalue weighted by molar-refractivity contribution is 0.352. The van der Waals surface area contributed by atoms with Crippen molar-refractivity contribution in [2.24, 2.45) is 16.1 Å². The van der Waals surface area contributed by atoms with Crippen LogP contribution in [0.3, 0.4) is 0 Å². The summed E-state index contributed by atoms with van der Waals surface area (Å²) in [5, 5.41) is 31.1. The zero-order valence-electron chi connectivity index (χ0n) is 18.9. The Balaban J connectivity index is 0.000000628. The van der Waals surface area contributed by atoms with Crippen molar-refractivity contribution >= 4 is 11.5 Å². The monoisotopic (exact) mass is 423 g/mol. The Kier molecular flexibility index (Phi) is 7.94. The number of phenolic OH excluding ortho intramolecular Hbond substituents is 1. The first-order valence-electron chi connectivity index (χ1n) is 11.0. The van der Waals surface area contributed by atoms with Gasteiger partial charge in [0.1, 0.15) is 11.6 Å². The molecule has 1 aromatic carbocycles. The number of amidine groups is 1. The third-order valence-electron chi connectivity index (χ3n) is 4.84. The van der Waals surface area contributed by atoms with Crippen LogP contribution in [0.4, 0.5) is 0 Å². The Morgan fingerprint density at radius 3 is 2.35 bits per heavy atom. The highest BCUT2D eigenvalue weighted by molar-refractivity contribution is 6.12. The van der Waals surface area contributed by atoms with Crippen molar-refractivity contribution in [1.82, 2.24) is 25.2 Å². The average molecular weight is 424 g/mol. The second-order valence-corrected chi connectivity index (χ2v) is 8.32. The van der Waals surface area contributed by atoms with Gasteiger partial charge in [-0.1, -0.05) is 33.3 Å². The van der Waals surface area contributed by atoms with Crippen LogP contribution < -0.4 is 5.32 Å². The van der Waals surface area contributed by atoms with Gasteiger partial charge in [0.05, 0.1) is 23.8 Å². The summed E-state index contributed by atoms with van der Waals surface area (Å²) in [6.45, 7) is 12.4. The fraction of sp³-hybridized carbons (Fsp3) is 0.478. The molecule has 0 bridgehead atoms. The Hall–Kier alpha value is -3.00. The quantitative estimate of drug-likeness (QED) is 0.790. The predicted octanol–water partition coefficient (Wildman–Crippen LogP) is 3.38. The van der Waals surface area contributed by atoms with E-state index in [0.717, 1.165) is 50.8 Å². The molecule has 2 aromatic rings. The Morgan fingerprint density at radius 2 is 1.74 bits per heavy atom. The SMILES string of the molecule is CC(C)C.CCC1=CC(c2ccc(-n3nccn3)cc2O)=NN=C(N2CCNCC2)C1.